The molecule has 1 heterocycles. The van der Waals surface area contributed by atoms with Crippen molar-refractivity contribution in [1.82, 2.24) is 4.90 Å². The van der Waals surface area contributed by atoms with E-state index in [1.807, 2.05) is 0 Å². The third kappa shape index (κ3) is 2.52. The van der Waals surface area contributed by atoms with Gasteiger partial charge in [-0.05, 0) is 62.0 Å². The second-order valence-electron chi connectivity index (χ2n) is 5.40. The number of ether oxygens (including phenoxy) is 1. The molecule has 1 saturated heterocycles. The van der Waals surface area contributed by atoms with E-state index in [1.54, 1.807) is 0 Å². The average molecular weight is 246 g/mol. The summed E-state index contributed by atoms with van der Waals surface area (Å²) >= 11 is 0. The topological polar surface area (TPSA) is 38.5 Å². The van der Waals surface area contributed by atoms with Crippen LogP contribution in [-0.4, -0.2) is 31.1 Å². The van der Waals surface area contributed by atoms with Crippen molar-refractivity contribution < 1.29 is 4.74 Å². The van der Waals surface area contributed by atoms with Gasteiger partial charge in [0.05, 0.1) is 0 Å². The number of nitrogens with two attached hydrogens (primary N) is 1. The summed E-state index contributed by atoms with van der Waals surface area (Å²) in [5, 5.41) is 0. The molecular weight excluding hydrogens is 224 g/mol. The van der Waals surface area contributed by atoms with Crippen molar-refractivity contribution in [3.63, 3.8) is 0 Å². The van der Waals surface area contributed by atoms with Crippen LogP contribution in [-0.2, 0) is 6.42 Å². The Morgan fingerprint density at radius 1 is 1.28 bits per heavy atom. The van der Waals surface area contributed by atoms with Gasteiger partial charge in [-0.2, -0.15) is 0 Å². The second kappa shape index (κ2) is 5.29. The fourth-order valence-corrected chi connectivity index (χ4v) is 3.02. The summed E-state index contributed by atoms with van der Waals surface area (Å²) in [7, 11) is 0. The second-order valence-corrected chi connectivity index (χ2v) is 5.40. The van der Waals surface area contributed by atoms with Crippen LogP contribution in [0.15, 0.2) is 18.2 Å². The summed E-state index contributed by atoms with van der Waals surface area (Å²) in [5.41, 5.74) is 8.72. The summed E-state index contributed by atoms with van der Waals surface area (Å²) in [6, 6.07) is 6.61. The molecule has 1 aromatic carbocycles. The van der Waals surface area contributed by atoms with Gasteiger partial charge in [0.2, 0.25) is 0 Å². The Hall–Kier alpha value is -1.06. The normalized spacial score (nSPS) is 23.3. The lowest BCUT2D eigenvalue weighted by molar-refractivity contribution is 0.237. The van der Waals surface area contributed by atoms with Gasteiger partial charge in [-0.25, -0.2) is 0 Å². The van der Waals surface area contributed by atoms with Crippen molar-refractivity contribution in [3.05, 3.63) is 29.3 Å². The third-order valence-electron chi connectivity index (χ3n) is 4.11. The molecule has 0 aromatic heterocycles. The lowest BCUT2D eigenvalue weighted by atomic mass is 10.1. The molecule has 1 atom stereocenters. The van der Waals surface area contributed by atoms with E-state index in [1.165, 1.54) is 37.1 Å². The van der Waals surface area contributed by atoms with Crippen LogP contribution in [0.3, 0.4) is 0 Å². The van der Waals surface area contributed by atoms with E-state index in [2.05, 4.69) is 23.1 Å². The smallest absolute Gasteiger partial charge is 0.119 e. The molecule has 3 heteroatoms. The van der Waals surface area contributed by atoms with E-state index in [9.17, 15) is 0 Å². The molecule has 18 heavy (non-hydrogen) atoms. The van der Waals surface area contributed by atoms with Gasteiger partial charge in [0.25, 0.3) is 0 Å². The van der Waals surface area contributed by atoms with Crippen LogP contribution in [0, 0.1) is 0 Å². The van der Waals surface area contributed by atoms with Crippen molar-refractivity contribution in [3.8, 4) is 5.75 Å². The Morgan fingerprint density at radius 2 is 2.11 bits per heavy atom. The van der Waals surface area contributed by atoms with E-state index in [4.69, 9.17) is 10.5 Å². The summed E-state index contributed by atoms with van der Waals surface area (Å²) in [6.07, 6.45) is 4.86. The summed E-state index contributed by atoms with van der Waals surface area (Å²) in [4.78, 5) is 2.48. The Balaban J connectivity index is 1.53. The predicted molar refractivity (Wildman–Crippen MR) is 72.9 cm³/mol. The van der Waals surface area contributed by atoms with Crippen LogP contribution < -0.4 is 10.5 Å². The zero-order chi connectivity index (χ0) is 12.4. The fraction of sp³-hybridized carbons (Fsp3) is 0.600. The predicted octanol–water partition coefficient (Wildman–Crippen LogP) is 2.11. The van der Waals surface area contributed by atoms with Crippen LogP contribution in [0.25, 0.3) is 0 Å². The standard InChI is InChI=1S/C15H22N2O/c16-15-6-3-12-11-13(4-5-14(12)15)18-10-9-17-7-1-2-8-17/h4-5,11,15H,1-3,6-10,16H2/t15-/m1/s1. The van der Waals surface area contributed by atoms with Gasteiger partial charge >= 0.3 is 0 Å². The Kier molecular flexibility index (Phi) is 3.52. The summed E-state index contributed by atoms with van der Waals surface area (Å²) in [5.74, 6) is 1.00. The first-order chi connectivity index (χ1) is 8.83. The summed E-state index contributed by atoms with van der Waals surface area (Å²) in [6.45, 7) is 4.33. The van der Waals surface area contributed by atoms with E-state index in [-0.39, 0.29) is 6.04 Å². The number of rotatable bonds is 4. The van der Waals surface area contributed by atoms with Gasteiger partial charge in [0.1, 0.15) is 12.4 Å². The molecule has 2 N–H and O–H groups in total. The molecule has 1 aromatic rings. The average Bonchev–Trinajstić information content (AvgIpc) is 3.00. The lowest BCUT2D eigenvalue weighted by Crippen LogP contribution is -2.25. The quantitative estimate of drug-likeness (QED) is 0.884. The molecule has 3 nitrogen and oxygen atoms in total. The van der Waals surface area contributed by atoms with Crippen LogP contribution in [0.2, 0.25) is 0 Å². The highest BCUT2D eigenvalue weighted by atomic mass is 16.5. The number of likely N-dealkylation sites (tertiary alicyclic amines) is 1. The maximum atomic E-state index is 6.03. The molecule has 0 saturated carbocycles. The maximum Gasteiger partial charge on any atom is 0.119 e. The molecule has 0 radical (unpaired) electrons. The van der Waals surface area contributed by atoms with Gasteiger partial charge in [0, 0.05) is 12.6 Å². The zero-order valence-corrected chi connectivity index (χ0v) is 10.9. The highest BCUT2D eigenvalue weighted by molar-refractivity contribution is 5.40. The van der Waals surface area contributed by atoms with Crippen molar-refractivity contribution in [2.24, 2.45) is 5.73 Å². The van der Waals surface area contributed by atoms with Crippen LogP contribution in [0.1, 0.15) is 36.4 Å². The number of fused-ring (bicyclic) bond motifs is 1. The molecule has 1 aliphatic heterocycles. The number of benzene rings is 1. The van der Waals surface area contributed by atoms with Crippen LogP contribution >= 0.6 is 0 Å². The van der Waals surface area contributed by atoms with E-state index in [0.29, 0.717) is 0 Å². The SMILES string of the molecule is N[C@@H]1CCc2cc(OCCN3CCCC3)ccc21. The minimum absolute atomic E-state index is 0.235. The molecule has 0 amide bonds. The van der Waals surface area contributed by atoms with Gasteiger partial charge < -0.3 is 10.5 Å². The van der Waals surface area contributed by atoms with Crippen molar-refractivity contribution >= 4 is 0 Å². The van der Waals surface area contributed by atoms with Crippen molar-refractivity contribution in [2.45, 2.75) is 31.7 Å². The lowest BCUT2D eigenvalue weighted by Gasteiger charge is -2.15. The highest BCUT2D eigenvalue weighted by Crippen LogP contribution is 2.31. The van der Waals surface area contributed by atoms with Gasteiger partial charge in [-0.1, -0.05) is 6.07 Å². The number of nitrogens with zero attached hydrogens (tertiary/aromatic N) is 1. The van der Waals surface area contributed by atoms with Gasteiger partial charge in [-0.15, -0.1) is 0 Å². The fourth-order valence-electron chi connectivity index (χ4n) is 3.02. The third-order valence-corrected chi connectivity index (χ3v) is 4.11. The number of hydrogen-bond acceptors (Lipinski definition) is 3. The Bertz CT molecular complexity index is 413. The maximum absolute atomic E-state index is 6.03. The summed E-state index contributed by atoms with van der Waals surface area (Å²) < 4.78 is 5.85. The molecular formula is C15H22N2O. The van der Waals surface area contributed by atoms with Crippen LogP contribution in [0.5, 0.6) is 5.75 Å². The molecule has 0 unspecified atom stereocenters. The monoisotopic (exact) mass is 246 g/mol. The minimum atomic E-state index is 0.235. The molecule has 98 valence electrons. The Morgan fingerprint density at radius 3 is 2.94 bits per heavy atom. The van der Waals surface area contributed by atoms with E-state index < -0.39 is 0 Å². The van der Waals surface area contributed by atoms with E-state index in [0.717, 1.165) is 31.7 Å². The Labute approximate surface area is 109 Å². The first-order valence-corrected chi connectivity index (χ1v) is 7.06. The molecule has 0 bridgehead atoms. The molecule has 1 fully saturated rings. The first-order valence-electron chi connectivity index (χ1n) is 7.06. The first kappa shape index (κ1) is 12.0. The number of aryl methyl sites for hydroxylation is 1. The van der Waals surface area contributed by atoms with Gasteiger partial charge in [-0.3, -0.25) is 4.90 Å². The minimum Gasteiger partial charge on any atom is -0.492 e. The molecule has 2 aliphatic rings. The van der Waals surface area contributed by atoms with Crippen LogP contribution in [0.4, 0.5) is 0 Å². The molecule has 0 spiro atoms. The zero-order valence-electron chi connectivity index (χ0n) is 10.9. The molecule has 1 aliphatic carbocycles. The highest BCUT2D eigenvalue weighted by Gasteiger charge is 2.19. The van der Waals surface area contributed by atoms with E-state index >= 15 is 0 Å². The van der Waals surface area contributed by atoms with Gasteiger partial charge in [0.15, 0.2) is 0 Å². The largest absolute Gasteiger partial charge is 0.492 e. The van der Waals surface area contributed by atoms with Crippen molar-refractivity contribution in [2.75, 3.05) is 26.2 Å². The molecule has 3 rings (SSSR count). The number of hydrogen-bond donors (Lipinski definition) is 1. The van der Waals surface area contributed by atoms with Crippen molar-refractivity contribution in [1.29, 1.82) is 0 Å².